The molecule has 1 aromatic carbocycles. The van der Waals surface area contributed by atoms with Gasteiger partial charge >= 0.3 is 0 Å². The Kier molecular flexibility index (Phi) is 4.99. The average Bonchev–Trinajstić information content (AvgIpc) is 2.73. The monoisotopic (exact) mass is 345 g/mol. The van der Waals surface area contributed by atoms with Crippen molar-refractivity contribution in [3.63, 3.8) is 0 Å². The molecule has 0 saturated carbocycles. The van der Waals surface area contributed by atoms with Crippen molar-refractivity contribution in [2.24, 2.45) is 0 Å². The molecule has 5 nitrogen and oxygen atoms in total. The summed E-state index contributed by atoms with van der Waals surface area (Å²) in [6.45, 7) is 5.75. The number of aryl methyl sites for hydroxylation is 1. The Morgan fingerprint density at radius 3 is 2.27 bits per heavy atom. The molecule has 1 aliphatic rings. The van der Waals surface area contributed by atoms with Gasteiger partial charge in [-0.1, -0.05) is 32.9 Å². The lowest BCUT2D eigenvalue weighted by Crippen LogP contribution is -2.46. The molecule has 0 radical (unpaired) electrons. The Morgan fingerprint density at radius 1 is 1.18 bits per heavy atom. The first-order valence-electron chi connectivity index (χ1n) is 7.45. The number of rotatable bonds is 5. The maximum absolute atomic E-state index is 12.8. The van der Waals surface area contributed by atoms with E-state index in [0.717, 1.165) is 12.0 Å². The van der Waals surface area contributed by atoms with E-state index < -0.39 is 31.0 Å². The summed E-state index contributed by atoms with van der Waals surface area (Å²) in [5, 5.41) is 2.16. The van der Waals surface area contributed by atoms with Crippen LogP contribution >= 0.6 is 0 Å². The molecule has 0 aliphatic carbocycles. The van der Waals surface area contributed by atoms with Crippen molar-refractivity contribution in [1.29, 1.82) is 0 Å². The molecule has 1 aromatic rings. The van der Waals surface area contributed by atoms with Crippen LogP contribution in [0, 0.1) is 0 Å². The zero-order chi connectivity index (χ0) is 16.5. The van der Waals surface area contributed by atoms with E-state index in [1.165, 1.54) is 0 Å². The summed E-state index contributed by atoms with van der Waals surface area (Å²) >= 11 is 0. The molecular weight excluding hydrogens is 322 g/mol. The molecule has 0 spiro atoms. The van der Waals surface area contributed by atoms with Gasteiger partial charge in [-0.2, -0.15) is 0 Å². The number of hydrogen-bond donors (Lipinski definition) is 1. The van der Waals surface area contributed by atoms with Gasteiger partial charge in [-0.25, -0.2) is 16.8 Å². The van der Waals surface area contributed by atoms with E-state index in [0.29, 0.717) is 0 Å². The van der Waals surface area contributed by atoms with Crippen molar-refractivity contribution in [2.75, 3.05) is 11.5 Å². The number of hydrogen-bond acceptors (Lipinski definition) is 5. The van der Waals surface area contributed by atoms with Gasteiger partial charge in [0, 0.05) is 12.1 Å². The third kappa shape index (κ3) is 3.70. The summed E-state index contributed by atoms with van der Waals surface area (Å²) < 4.78 is 49.4. The number of benzene rings is 1. The van der Waals surface area contributed by atoms with Gasteiger partial charge in [0.1, 0.15) is 0 Å². The average molecular weight is 345 g/mol. The fourth-order valence-electron chi connectivity index (χ4n) is 2.79. The van der Waals surface area contributed by atoms with Gasteiger partial charge in [-0.05, 0) is 24.1 Å². The predicted molar refractivity (Wildman–Crippen MR) is 87.5 cm³/mol. The van der Waals surface area contributed by atoms with Crippen LogP contribution in [0.25, 0.3) is 0 Å². The molecule has 0 aromatic heterocycles. The van der Waals surface area contributed by atoms with Gasteiger partial charge in [0.05, 0.1) is 21.7 Å². The van der Waals surface area contributed by atoms with Gasteiger partial charge in [-0.15, -0.1) is 0 Å². The van der Waals surface area contributed by atoms with Crippen LogP contribution in [0.1, 0.15) is 26.3 Å². The van der Waals surface area contributed by atoms with Gasteiger partial charge in [0.15, 0.2) is 19.7 Å². The van der Waals surface area contributed by atoms with Crippen LogP contribution in [0.2, 0.25) is 0 Å². The van der Waals surface area contributed by atoms with Gasteiger partial charge in [0.25, 0.3) is 0 Å². The maximum atomic E-state index is 12.8. The second-order valence-electron chi connectivity index (χ2n) is 6.09. The zero-order valence-corrected chi connectivity index (χ0v) is 14.7. The molecule has 1 aliphatic heterocycles. The molecule has 7 heteroatoms. The molecule has 0 bridgehead atoms. The molecule has 1 heterocycles. The van der Waals surface area contributed by atoms with Crippen LogP contribution in [0.5, 0.6) is 0 Å². The van der Waals surface area contributed by atoms with E-state index in [4.69, 9.17) is 0 Å². The molecule has 124 valence electrons. The predicted octanol–water partition coefficient (Wildman–Crippen LogP) is 1.19. The van der Waals surface area contributed by atoms with Gasteiger partial charge in [0.2, 0.25) is 0 Å². The Balaban J connectivity index is 2.36. The van der Waals surface area contributed by atoms with Crippen LogP contribution in [0.3, 0.4) is 0 Å². The third-order valence-corrected chi connectivity index (χ3v) is 8.07. The fraction of sp³-hybridized carbons (Fsp3) is 0.600. The quantitative estimate of drug-likeness (QED) is 0.867. The molecular formula is C15H23NO4S2. The van der Waals surface area contributed by atoms with Crippen LogP contribution in [0.4, 0.5) is 0 Å². The maximum Gasteiger partial charge on any atom is 0.183 e. The normalized spacial score (nSPS) is 24.7. The molecule has 0 amide bonds. The van der Waals surface area contributed by atoms with E-state index >= 15 is 0 Å². The smallest absolute Gasteiger partial charge is 0.183 e. The second kappa shape index (κ2) is 6.29. The van der Waals surface area contributed by atoms with E-state index in [1.54, 1.807) is 24.3 Å². The minimum absolute atomic E-state index is 0.0264. The molecule has 1 fully saturated rings. The Morgan fingerprint density at radius 2 is 1.77 bits per heavy atom. The molecule has 0 unspecified atom stereocenters. The highest BCUT2D eigenvalue weighted by molar-refractivity contribution is 7.96. The van der Waals surface area contributed by atoms with Gasteiger partial charge < -0.3 is 5.32 Å². The summed E-state index contributed by atoms with van der Waals surface area (Å²) in [5.41, 5.74) is 1.05. The highest BCUT2D eigenvalue weighted by atomic mass is 32.2. The first-order chi connectivity index (χ1) is 10.2. The van der Waals surface area contributed by atoms with Crippen molar-refractivity contribution in [1.82, 2.24) is 5.32 Å². The van der Waals surface area contributed by atoms with Crippen molar-refractivity contribution < 1.29 is 16.8 Å². The van der Waals surface area contributed by atoms with Crippen LogP contribution < -0.4 is 5.32 Å². The third-order valence-electron chi connectivity index (χ3n) is 3.91. The second-order valence-corrected chi connectivity index (χ2v) is 10.4. The molecule has 2 atom stereocenters. The summed E-state index contributed by atoms with van der Waals surface area (Å²) in [6, 6.07) is 6.18. The minimum Gasteiger partial charge on any atom is -0.309 e. The molecule has 2 rings (SSSR count). The number of nitrogens with one attached hydrogen (secondary N) is 1. The van der Waals surface area contributed by atoms with Crippen molar-refractivity contribution >= 4 is 19.7 Å². The fourth-order valence-corrected chi connectivity index (χ4v) is 7.47. The first kappa shape index (κ1) is 17.4. The minimum atomic E-state index is -3.67. The lowest BCUT2D eigenvalue weighted by atomic mass is 10.2. The lowest BCUT2D eigenvalue weighted by Gasteiger charge is -2.22. The topological polar surface area (TPSA) is 80.3 Å². The highest BCUT2D eigenvalue weighted by Crippen LogP contribution is 2.26. The Labute approximate surface area is 133 Å². The molecule has 1 N–H and O–H groups in total. The van der Waals surface area contributed by atoms with Crippen LogP contribution in [0.15, 0.2) is 29.2 Å². The van der Waals surface area contributed by atoms with Crippen LogP contribution in [-0.4, -0.2) is 45.7 Å². The highest BCUT2D eigenvalue weighted by Gasteiger charge is 2.45. The van der Waals surface area contributed by atoms with E-state index in [2.05, 4.69) is 5.32 Å². The zero-order valence-electron chi connectivity index (χ0n) is 13.1. The van der Waals surface area contributed by atoms with E-state index in [9.17, 15) is 16.8 Å². The standard InChI is InChI=1S/C15H23NO4S2/c1-4-12-5-7-13(8-6-12)22(19,20)15-10-21(17,18)9-14(15)16-11(2)3/h5-8,11,14-16H,4,9-10H2,1-3H3/t14-,15+/m0/s1. The van der Waals surface area contributed by atoms with Gasteiger partial charge in [-0.3, -0.25) is 0 Å². The number of sulfone groups is 2. The summed E-state index contributed by atoms with van der Waals surface area (Å²) in [5.74, 6) is -0.433. The van der Waals surface area contributed by atoms with Crippen molar-refractivity contribution in [3.8, 4) is 0 Å². The van der Waals surface area contributed by atoms with Crippen LogP contribution in [-0.2, 0) is 26.1 Å². The summed E-state index contributed by atoms with van der Waals surface area (Å²) in [6.07, 6.45) is 0.829. The SMILES string of the molecule is CCc1ccc(S(=O)(=O)[C@@H]2CS(=O)(=O)C[C@@H]2NC(C)C)cc1. The Hall–Kier alpha value is -0.920. The van der Waals surface area contributed by atoms with Crippen molar-refractivity contribution in [2.45, 2.75) is 49.4 Å². The Bertz CT molecular complexity index is 721. The summed E-state index contributed by atoms with van der Waals surface area (Å²) in [4.78, 5) is 0.197. The van der Waals surface area contributed by atoms with E-state index in [1.807, 2.05) is 20.8 Å². The summed E-state index contributed by atoms with van der Waals surface area (Å²) in [7, 11) is -7.01. The first-order valence-corrected chi connectivity index (χ1v) is 10.8. The molecule has 22 heavy (non-hydrogen) atoms. The van der Waals surface area contributed by atoms with E-state index in [-0.39, 0.29) is 22.4 Å². The largest absolute Gasteiger partial charge is 0.309 e. The lowest BCUT2D eigenvalue weighted by molar-refractivity contribution is 0.484. The van der Waals surface area contributed by atoms with Crippen molar-refractivity contribution in [3.05, 3.63) is 29.8 Å². The molecule has 1 saturated heterocycles.